The zero-order valence-electron chi connectivity index (χ0n) is 17.3. The third-order valence-electron chi connectivity index (χ3n) is 5.40. The van der Waals surface area contributed by atoms with Gasteiger partial charge in [-0.05, 0) is 30.0 Å². The minimum atomic E-state index is -0.326. The largest absolute Gasteiger partial charge is 0.381 e. The van der Waals surface area contributed by atoms with Crippen LogP contribution >= 0.6 is 0 Å². The van der Waals surface area contributed by atoms with Crippen molar-refractivity contribution in [2.75, 3.05) is 23.4 Å². The fraction of sp³-hybridized carbons (Fsp3) is 0.292. The van der Waals surface area contributed by atoms with Crippen molar-refractivity contribution in [3.63, 3.8) is 0 Å². The maximum absolute atomic E-state index is 12.2. The number of nitro groups is 1. The lowest BCUT2D eigenvalue weighted by Gasteiger charge is -2.27. The molecular weight excluding hydrogens is 392 g/mol. The van der Waals surface area contributed by atoms with E-state index in [2.05, 4.69) is 10.3 Å². The second-order valence-corrected chi connectivity index (χ2v) is 7.65. The number of ether oxygens (including phenoxy) is 1. The van der Waals surface area contributed by atoms with E-state index in [4.69, 9.17) is 4.74 Å². The second-order valence-electron chi connectivity index (χ2n) is 7.65. The first kappa shape index (κ1) is 20.8. The number of hydrogen-bond acceptors (Lipinski definition) is 6. The Morgan fingerprint density at radius 3 is 2.10 bits per heavy atom. The normalized spacial score (nSPS) is 14.2. The molecule has 0 amide bonds. The van der Waals surface area contributed by atoms with Crippen molar-refractivity contribution in [3.05, 3.63) is 94.2 Å². The Kier molecular flexibility index (Phi) is 6.74. The molecule has 0 radical (unpaired) electrons. The summed E-state index contributed by atoms with van der Waals surface area (Å²) in [6, 6.07) is 21.8. The molecule has 7 nitrogen and oxygen atoms in total. The van der Waals surface area contributed by atoms with Gasteiger partial charge in [-0.1, -0.05) is 60.7 Å². The second kappa shape index (κ2) is 10.0. The SMILES string of the molecule is O=[N+]([O-])c1c(NC2CCOCC2)ccnc1N(Cc1ccccc1)Cc1ccccc1. The van der Waals surface area contributed by atoms with Gasteiger partial charge in [0.25, 0.3) is 0 Å². The number of nitrogens with one attached hydrogen (secondary N) is 1. The Morgan fingerprint density at radius 1 is 0.968 bits per heavy atom. The summed E-state index contributed by atoms with van der Waals surface area (Å²) in [6.07, 6.45) is 3.30. The minimum Gasteiger partial charge on any atom is -0.381 e. The van der Waals surface area contributed by atoms with Crippen molar-refractivity contribution in [2.24, 2.45) is 0 Å². The molecule has 7 heteroatoms. The molecular formula is C24H26N4O3. The molecule has 0 unspecified atom stereocenters. The summed E-state index contributed by atoms with van der Waals surface area (Å²) in [7, 11) is 0. The van der Waals surface area contributed by atoms with E-state index in [1.54, 1.807) is 12.3 Å². The maximum atomic E-state index is 12.2. The van der Waals surface area contributed by atoms with Crippen LogP contribution in [0.1, 0.15) is 24.0 Å². The topological polar surface area (TPSA) is 80.5 Å². The molecule has 2 aromatic carbocycles. The first-order valence-corrected chi connectivity index (χ1v) is 10.5. The van der Waals surface area contributed by atoms with Crippen LogP contribution in [0.2, 0.25) is 0 Å². The average Bonchev–Trinajstić information content (AvgIpc) is 2.80. The fourth-order valence-corrected chi connectivity index (χ4v) is 3.85. The Balaban J connectivity index is 1.70. The van der Waals surface area contributed by atoms with Crippen molar-refractivity contribution in [1.29, 1.82) is 0 Å². The molecule has 1 aliphatic rings. The summed E-state index contributed by atoms with van der Waals surface area (Å²) in [5.41, 5.74) is 2.66. The molecule has 3 aromatic rings. The van der Waals surface area contributed by atoms with E-state index >= 15 is 0 Å². The maximum Gasteiger partial charge on any atom is 0.334 e. The molecule has 1 fully saturated rings. The Hall–Kier alpha value is -3.45. The summed E-state index contributed by atoms with van der Waals surface area (Å²) >= 11 is 0. The number of nitrogens with zero attached hydrogens (tertiary/aromatic N) is 3. The van der Waals surface area contributed by atoms with Gasteiger partial charge in [-0.3, -0.25) is 10.1 Å². The van der Waals surface area contributed by atoms with Crippen molar-refractivity contribution in [1.82, 2.24) is 4.98 Å². The van der Waals surface area contributed by atoms with Gasteiger partial charge in [0.2, 0.25) is 5.82 Å². The van der Waals surface area contributed by atoms with Gasteiger partial charge in [-0.25, -0.2) is 4.98 Å². The van der Waals surface area contributed by atoms with Gasteiger partial charge in [0, 0.05) is 38.5 Å². The molecule has 0 aliphatic carbocycles. The highest BCUT2D eigenvalue weighted by Gasteiger charge is 2.27. The lowest BCUT2D eigenvalue weighted by Crippen LogP contribution is -2.29. The van der Waals surface area contributed by atoms with Crippen LogP contribution in [0, 0.1) is 10.1 Å². The Bertz CT molecular complexity index is 951. The van der Waals surface area contributed by atoms with Gasteiger partial charge >= 0.3 is 5.69 Å². The lowest BCUT2D eigenvalue weighted by atomic mass is 10.1. The fourth-order valence-electron chi connectivity index (χ4n) is 3.85. The zero-order chi connectivity index (χ0) is 21.5. The van der Waals surface area contributed by atoms with E-state index in [0.29, 0.717) is 37.8 Å². The first-order valence-electron chi connectivity index (χ1n) is 10.5. The monoisotopic (exact) mass is 418 g/mol. The molecule has 0 atom stereocenters. The Morgan fingerprint density at radius 2 is 1.55 bits per heavy atom. The number of rotatable bonds is 8. The van der Waals surface area contributed by atoms with E-state index in [0.717, 1.165) is 24.0 Å². The quantitative estimate of drug-likeness (QED) is 0.419. The zero-order valence-corrected chi connectivity index (χ0v) is 17.3. The van der Waals surface area contributed by atoms with Gasteiger partial charge < -0.3 is 15.0 Å². The third kappa shape index (κ3) is 5.38. The molecule has 1 aliphatic heterocycles. The first-order chi connectivity index (χ1) is 15.2. The Labute approximate surface area is 181 Å². The molecule has 1 saturated heterocycles. The highest BCUT2D eigenvalue weighted by atomic mass is 16.6. The summed E-state index contributed by atoms with van der Waals surface area (Å²) < 4.78 is 5.42. The van der Waals surface area contributed by atoms with E-state index in [1.807, 2.05) is 65.6 Å². The van der Waals surface area contributed by atoms with Crippen LogP contribution in [0.5, 0.6) is 0 Å². The van der Waals surface area contributed by atoms with E-state index in [-0.39, 0.29) is 16.7 Å². The molecule has 160 valence electrons. The third-order valence-corrected chi connectivity index (χ3v) is 5.40. The predicted octanol–water partition coefficient (Wildman–Crippen LogP) is 4.79. The summed E-state index contributed by atoms with van der Waals surface area (Å²) in [4.78, 5) is 18.3. The predicted molar refractivity (Wildman–Crippen MR) is 121 cm³/mol. The average molecular weight is 418 g/mol. The van der Waals surface area contributed by atoms with E-state index in [1.165, 1.54) is 0 Å². The van der Waals surface area contributed by atoms with Gasteiger partial charge in [0.1, 0.15) is 5.69 Å². The van der Waals surface area contributed by atoms with Crippen LogP contribution in [0.4, 0.5) is 17.2 Å². The van der Waals surface area contributed by atoms with E-state index < -0.39 is 0 Å². The molecule has 1 N–H and O–H groups in total. The number of benzene rings is 2. The van der Waals surface area contributed by atoms with Gasteiger partial charge in [-0.2, -0.15) is 0 Å². The van der Waals surface area contributed by atoms with Crippen LogP contribution in [0.15, 0.2) is 72.9 Å². The number of anilines is 2. The van der Waals surface area contributed by atoms with Gasteiger partial charge in [0.05, 0.1) is 4.92 Å². The highest BCUT2D eigenvalue weighted by molar-refractivity contribution is 5.74. The molecule has 1 aromatic heterocycles. The summed E-state index contributed by atoms with van der Waals surface area (Å²) in [6.45, 7) is 2.36. The molecule has 4 rings (SSSR count). The number of hydrogen-bond donors (Lipinski definition) is 1. The van der Waals surface area contributed by atoms with Gasteiger partial charge in [-0.15, -0.1) is 0 Å². The van der Waals surface area contributed by atoms with Crippen LogP contribution in [-0.2, 0) is 17.8 Å². The van der Waals surface area contributed by atoms with Crippen LogP contribution < -0.4 is 10.2 Å². The van der Waals surface area contributed by atoms with Crippen molar-refractivity contribution in [2.45, 2.75) is 32.0 Å². The van der Waals surface area contributed by atoms with E-state index in [9.17, 15) is 10.1 Å². The smallest absolute Gasteiger partial charge is 0.334 e. The highest BCUT2D eigenvalue weighted by Crippen LogP contribution is 2.36. The summed E-state index contributed by atoms with van der Waals surface area (Å²) in [5, 5.41) is 15.5. The number of pyridine rings is 1. The van der Waals surface area contributed by atoms with Crippen molar-refractivity contribution in [3.8, 4) is 0 Å². The standard InChI is InChI=1S/C24H26N4O3/c29-28(30)23-22(26-21-12-15-31-16-13-21)11-14-25-24(23)27(17-19-7-3-1-4-8-19)18-20-9-5-2-6-10-20/h1-11,14,21H,12-13,15-18H2,(H,25,26). The lowest BCUT2D eigenvalue weighted by molar-refractivity contribution is -0.383. The molecule has 0 bridgehead atoms. The van der Waals surface area contributed by atoms with Crippen LogP contribution in [0.25, 0.3) is 0 Å². The van der Waals surface area contributed by atoms with Gasteiger partial charge in [0.15, 0.2) is 0 Å². The minimum absolute atomic E-state index is 0.0147. The molecule has 31 heavy (non-hydrogen) atoms. The number of aromatic nitrogens is 1. The van der Waals surface area contributed by atoms with Crippen LogP contribution in [-0.4, -0.2) is 29.2 Å². The molecule has 0 saturated carbocycles. The molecule has 2 heterocycles. The molecule has 0 spiro atoms. The van der Waals surface area contributed by atoms with Crippen molar-refractivity contribution >= 4 is 17.2 Å². The van der Waals surface area contributed by atoms with Crippen molar-refractivity contribution < 1.29 is 9.66 Å². The van der Waals surface area contributed by atoms with Crippen LogP contribution in [0.3, 0.4) is 0 Å². The summed E-state index contributed by atoms with van der Waals surface area (Å²) in [5.74, 6) is 0.370.